The molecule has 0 fully saturated rings. The Morgan fingerprint density at radius 1 is 1.25 bits per heavy atom. The molecule has 0 heterocycles. The second-order valence-electron chi connectivity index (χ2n) is 5.42. The Labute approximate surface area is 139 Å². The van der Waals surface area contributed by atoms with E-state index in [1.54, 1.807) is 36.4 Å². The summed E-state index contributed by atoms with van der Waals surface area (Å²) in [5.74, 6) is -0.248. The molecule has 1 atom stereocenters. The number of rotatable bonds is 6. The van der Waals surface area contributed by atoms with Gasteiger partial charge in [-0.05, 0) is 37.1 Å². The van der Waals surface area contributed by atoms with Gasteiger partial charge in [-0.15, -0.1) is 0 Å². The van der Waals surface area contributed by atoms with Crippen molar-refractivity contribution in [3.63, 3.8) is 0 Å². The van der Waals surface area contributed by atoms with Gasteiger partial charge in [-0.2, -0.15) is 8.78 Å². The lowest BCUT2D eigenvalue weighted by Gasteiger charge is -2.21. The molecule has 1 unspecified atom stereocenters. The summed E-state index contributed by atoms with van der Waals surface area (Å²) in [7, 11) is 0. The van der Waals surface area contributed by atoms with Crippen LogP contribution >= 0.6 is 0 Å². The van der Waals surface area contributed by atoms with E-state index in [4.69, 9.17) is 5.73 Å². The Morgan fingerprint density at radius 2 is 1.96 bits per heavy atom. The molecule has 24 heavy (non-hydrogen) atoms. The first-order chi connectivity index (χ1) is 11.4. The third-order valence-electron chi connectivity index (χ3n) is 3.73. The molecule has 0 saturated heterocycles. The molecule has 3 N–H and O–H groups in total. The van der Waals surface area contributed by atoms with Gasteiger partial charge in [0, 0.05) is 16.8 Å². The van der Waals surface area contributed by atoms with E-state index in [2.05, 4.69) is 10.1 Å². The minimum Gasteiger partial charge on any atom is -0.434 e. The quantitative estimate of drug-likeness (QED) is 0.783. The Bertz CT molecular complexity index is 720. The highest BCUT2D eigenvalue weighted by molar-refractivity contribution is 5.96. The molecule has 0 saturated carbocycles. The number of amides is 1. The first kappa shape index (κ1) is 17.7. The SMILES string of the molecule is CCC(NC(=O)c1cc(N)ccc1C)c1ccccc1OC(F)F. The smallest absolute Gasteiger partial charge is 0.387 e. The molecule has 0 spiro atoms. The summed E-state index contributed by atoms with van der Waals surface area (Å²) in [4.78, 5) is 12.5. The van der Waals surface area contributed by atoms with E-state index in [0.29, 0.717) is 23.2 Å². The van der Waals surface area contributed by atoms with Gasteiger partial charge in [0.1, 0.15) is 5.75 Å². The molecule has 128 valence electrons. The van der Waals surface area contributed by atoms with E-state index in [0.717, 1.165) is 5.56 Å². The van der Waals surface area contributed by atoms with Crippen molar-refractivity contribution in [2.24, 2.45) is 0 Å². The number of carbonyl (C=O) groups is 1. The molecule has 1 amide bonds. The predicted molar refractivity (Wildman–Crippen MR) is 89.2 cm³/mol. The molecule has 4 nitrogen and oxygen atoms in total. The first-order valence-electron chi connectivity index (χ1n) is 7.63. The number of hydrogen-bond acceptors (Lipinski definition) is 3. The van der Waals surface area contributed by atoms with Crippen LogP contribution in [0.4, 0.5) is 14.5 Å². The lowest BCUT2D eigenvalue weighted by atomic mass is 10.0. The normalized spacial score (nSPS) is 12.0. The molecular weight excluding hydrogens is 314 g/mol. The maximum absolute atomic E-state index is 12.6. The molecule has 2 aromatic carbocycles. The molecule has 2 rings (SSSR count). The van der Waals surface area contributed by atoms with Crippen molar-refractivity contribution in [1.29, 1.82) is 0 Å². The minimum absolute atomic E-state index is 0.0592. The number of alkyl halides is 2. The van der Waals surface area contributed by atoms with Crippen molar-refractivity contribution in [3.8, 4) is 5.75 Å². The van der Waals surface area contributed by atoms with E-state index < -0.39 is 12.7 Å². The number of nitrogens with two attached hydrogens (primary N) is 1. The van der Waals surface area contributed by atoms with Crippen molar-refractivity contribution < 1.29 is 18.3 Å². The van der Waals surface area contributed by atoms with Gasteiger partial charge >= 0.3 is 6.61 Å². The highest BCUT2D eigenvalue weighted by Crippen LogP contribution is 2.29. The Hall–Kier alpha value is -2.63. The van der Waals surface area contributed by atoms with Crippen molar-refractivity contribution >= 4 is 11.6 Å². The molecule has 0 bridgehead atoms. The zero-order valence-corrected chi connectivity index (χ0v) is 13.6. The fourth-order valence-electron chi connectivity index (χ4n) is 2.49. The maximum atomic E-state index is 12.6. The number of anilines is 1. The van der Waals surface area contributed by atoms with E-state index in [9.17, 15) is 13.6 Å². The summed E-state index contributed by atoms with van der Waals surface area (Å²) in [5, 5.41) is 2.86. The molecule has 0 aliphatic heterocycles. The Balaban J connectivity index is 2.27. The predicted octanol–water partition coefficient (Wildman–Crippen LogP) is 4.06. The Morgan fingerprint density at radius 3 is 2.62 bits per heavy atom. The standard InChI is InChI=1S/C18H20F2N2O2/c1-3-15(13-6-4-5-7-16(13)24-18(19)20)22-17(23)14-10-12(21)9-8-11(14)2/h4-10,15,18H,3,21H2,1-2H3,(H,22,23). The fraction of sp³-hybridized carbons (Fsp3) is 0.278. The highest BCUT2D eigenvalue weighted by atomic mass is 19.3. The maximum Gasteiger partial charge on any atom is 0.387 e. The summed E-state index contributed by atoms with van der Waals surface area (Å²) in [6, 6.07) is 11.1. The third kappa shape index (κ3) is 4.22. The van der Waals surface area contributed by atoms with Crippen LogP contribution in [0.3, 0.4) is 0 Å². The van der Waals surface area contributed by atoms with Gasteiger partial charge < -0.3 is 15.8 Å². The van der Waals surface area contributed by atoms with Gasteiger partial charge in [-0.1, -0.05) is 31.2 Å². The summed E-state index contributed by atoms with van der Waals surface area (Å²) in [6.45, 7) is 0.745. The number of halogens is 2. The van der Waals surface area contributed by atoms with Gasteiger partial charge in [0.25, 0.3) is 5.91 Å². The van der Waals surface area contributed by atoms with E-state index in [1.165, 1.54) is 6.07 Å². The summed E-state index contributed by atoms with van der Waals surface area (Å²) in [6.07, 6.45) is 0.525. The number of ether oxygens (including phenoxy) is 1. The molecule has 6 heteroatoms. The van der Waals surface area contributed by atoms with Crippen LogP contribution in [0.1, 0.15) is 40.9 Å². The largest absolute Gasteiger partial charge is 0.434 e. The number of aryl methyl sites for hydroxylation is 1. The molecule has 0 aliphatic carbocycles. The van der Waals surface area contributed by atoms with Crippen LogP contribution in [0, 0.1) is 6.92 Å². The highest BCUT2D eigenvalue weighted by Gasteiger charge is 2.20. The van der Waals surface area contributed by atoms with E-state index >= 15 is 0 Å². The van der Waals surface area contributed by atoms with Crippen molar-refractivity contribution in [1.82, 2.24) is 5.32 Å². The number of nitrogens with one attached hydrogen (secondary N) is 1. The summed E-state index contributed by atoms with van der Waals surface area (Å²) >= 11 is 0. The number of benzene rings is 2. The van der Waals surface area contributed by atoms with Crippen LogP contribution in [0.2, 0.25) is 0 Å². The van der Waals surface area contributed by atoms with E-state index in [1.807, 2.05) is 13.8 Å². The van der Waals surface area contributed by atoms with Crippen molar-refractivity contribution in [3.05, 3.63) is 59.2 Å². The Kier molecular flexibility index (Phi) is 5.73. The first-order valence-corrected chi connectivity index (χ1v) is 7.63. The van der Waals surface area contributed by atoms with Crippen LogP contribution in [-0.4, -0.2) is 12.5 Å². The number of carbonyl (C=O) groups excluding carboxylic acids is 1. The van der Waals surface area contributed by atoms with Crippen LogP contribution in [0.15, 0.2) is 42.5 Å². The van der Waals surface area contributed by atoms with Crippen molar-refractivity contribution in [2.45, 2.75) is 32.9 Å². The van der Waals surface area contributed by atoms with Gasteiger partial charge in [-0.25, -0.2) is 0 Å². The van der Waals surface area contributed by atoms with E-state index in [-0.39, 0.29) is 11.7 Å². The molecule has 0 aromatic heterocycles. The number of para-hydroxylation sites is 1. The molecular formula is C18H20F2N2O2. The zero-order chi connectivity index (χ0) is 17.7. The van der Waals surface area contributed by atoms with Crippen molar-refractivity contribution in [2.75, 3.05) is 5.73 Å². The van der Waals surface area contributed by atoms with Crippen LogP contribution in [-0.2, 0) is 0 Å². The van der Waals surface area contributed by atoms with Gasteiger partial charge in [-0.3, -0.25) is 4.79 Å². The van der Waals surface area contributed by atoms with Crippen LogP contribution < -0.4 is 15.8 Å². The molecule has 0 radical (unpaired) electrons. The van der Waals surface area contributed by atoms with Crippen LogP contribution in [0.5, 0.6) is 5.75 Å². The minimum atomic E-state index is -2.92. The monoisotopic (exact) mass is 334 g/mol. The third-order valence-corrected chi connectivity index (χ3v) is 3.73. The number of hydrogen-bond donors (Lipinski definition) is 2. The molecule has 2 aromatic rings. The van der Waals surface area contributed by atoms with Crippen LogP contribution in [0.25, 0.3) is 0 Å². The van der Waals surface area contributed by atoms with Gasteiger partial charge in [0.2, 0.25) is 0 Å². The topological polar surface area (TPSA) is 64.4 Å². The van der Waals surface area contributed by atoms with Gasteiger partial charge in [0.15, 0.2) is 0 Å². The second kappa shape index (κ2) is 7.77. The summed E-state index contributed by atoms with van der Waals surface area (Å²) in [5.41, 5.74) is 7.98. The fourth-order valence-corrected chi connectivity index (χ4v) is 2.49. The average molecular weight is 334 g/mol. The average Bonchev–Trinajstić information content (AvgIpc) is 2.55. The lowest BCUT2D eigenvalue weighted by molar-refractivity contribution is -0.0506. The second-order valence-corrected chi connectivity index (χ2v) is 5.42. The molecule has 0 aliphatic rings. The van der Waals surface area contributed by atoms with Gasteiger partial charge in [0.05, 0.1) is 6.04 Å². The number of nitrogen functional groups attached to an aromatic ring is 1. The summed E-state index contributed by atoms with van der Waals surface area (Å²) < 4.78 is 29.7. The lowest BCUT2D eigenvalue weighted by Crippen LogP contribution is -2.29. The zero-order valence-electron chi connectivity index (χ0n) is 13.6.